The SMILES string of the molecule is CCCCNC(=O)N[C@H]1CSCc2cc(CSCCNC(=O)CN3CCN(CC(=O)O)CCN(CC(=O)O)CC3)cc(c2)CSCC(C(=O)O)NC(=O)[C@H](Cc2ccccc2)NC(=O)[C@H](CCC(N)=O)NC(=O)[C@H]([C@@H](C)O)NC(=O)[C@@H]2CCCN2C(=O)[C@@H]2CCCN2C1=O. The minimum absolute atomic E-state index is 0.0133. The van der Waals surface area contributed by atoms with Gasteiger partial charge in [-0.05, 0) is 67.7 Å². The molecule has 4 aliphatic heterocycles. The fraction of sp³-hybridized carbons (Fsp3) is 0.613. The first kappa shape index (κ1) is 75.8. The predicted octanol–water partition coefficient (Wildman–Crippen LogP) is -1.03. The monoisotopic (exact) mass is 1370 g/mol. The first-order valence-electron chi connectivity index (χ1n) is 31.8. The van der Waals surface area contributed by atoms with Gasteiger partial charge in [0.25, 0.3) is 0 Å². The molecule has 13 N–H and O–H groups in total. The van der Waals surface area contributed by atoms with Crippen LogP contribution in [-0.2, 0) is 76.4 Å². The second kappa shape index (κ2) is 39.0. The predicted molar refractivity (Wildman–Crippen MR) is 353 cm³/mol. The van der Waals surface area contributed by atoms with Crippen molar-refractivity contribution in [2.75, 3.05) is 102 Å². The number of urea groups is 1. The standard InChI is InChI=1S/C62H91N13O16S3/c1-3-4-16-65-62(91)69-46-37-93-35-42-27-41(34-92-26-17-64-51(78)31-71-20-22-72(32-52(79)80)24-25-73(23-21-71)33-53(81)82)28-43(29-42)36-94-38-47(61(89)90)68-56(84)45(30-40-10-6-5-7-11-40)67-55(83)44(14-15-50(63)77)66-58(86)54(39(2)76)70-57(85)48-12-8-18-74(48)60(88)49-13-9-19-75(49)59(46)87/h5-7,10-11,27-29,39,44-49,54,76H,3-4,8-9,12-26,30-38H2,1-2H3,(H2,63,77)(H,64,78)(H,66,86)(H,67,83)(H,68,84)(H,70,85)(H,79,80)(H,81,82)(H,89,90)(H2,65,69,91)/t39-,44+,45+,46+,47?,48+,49+,54+/m1/s1. The van der Waals surface area contributed by atoms with Crippen molar-refractivity contribution in [1.82, 2.24) is 61.7 Å². The Bertz CT molecular complexity index is 2930. The Balaban J connectivity index is 1.27. The Labute approximate surface area is 559 Å². The molecule has 518 valence electrons. The number of nitrogens with zero attached hydrogens (tertiary/aromatic N) is 5. The molecule has 94 heavy (non-hydrogen) atoms. The highest BCUT2D eigenvalue weighted by Crippen LogP contribution is 2.28. The number of nitrogens with two attached hydrogens (primary N) is 1. The third kappa shape index (κ3) is 25.2. The number of carboxylic acid groups (broad SMARTS) is 3. The lowest BCUT2D eigenvalue weighted by atomic mass is 10.0. The van der Waals surface area contributed by atoms with Crippen molar-refractivity contribution in [1.29, 1.82) is 0 Å². The van der Waals surface area contributed by atoms with Crippen LogP contribution in [0.5, 0.6) is 0 Å². The molecule has 8 atom stereocenters. The molecule has 2 aromatic carbocycles. The summed E-state index contributed by atoms with van der Waals surface area (Å²) in [4.78, 5) is 170. The van der Waals surface area contributed by atoms with E-state index in [1.165, 1.54) is 52.0 Å². The molecule has 0 aromatic heterocycles. The van der Waals surface area contributed by atoms with Crippen molar-refractivity contribution in [2.24, 2.45) is 5.73 Å². The van der Waals surface area contributed by atoms with Gasteiger partial charge in [-0.3, -0.25) is 62.6 Å². The Morgan fingerprint density at radius 2 is 1.23 bits per heavy atom. The molecule has 10 amide bonds. The van der Waals surface area contributed by atoms with Gasteiger partial charge in [-0.1, -0.05) is 61.9 Å². The van der Waals surface area contributed by atoms with E-state index in [2.05, 4.69) is 37.2 Å². The summed E-state index contributed by atoms with van der Waals surface area (Å²) in [5.41, 5.74) is 8.55. The number of hydrogen-bond acceptors (Lipinski definition) is 19. The van der Waals surface area contributed by atoms with Crippen LogP contribution in [0.4, 0.5) is 4.79 Å². The zero-order valence-electron chi connectivity index (χ0n) is 53.3. The Kier molecular flexibility index (Phi) is 31.4. The van der Waals surface area contributed by atoms with Crippen LogP contribution >= 0.6 is 35.3 Å². The van der Waals surface area contributed by atoms with Gasteiger partial charge in [0.15, 0.2) is 0 Å². The van der Waals surface area contributed by atoms with E-state index in [4.69, 9.17) is 5.73 Å². The Morgan fingerprint density at radius 1 is 0.660 bits per heavy atom. The third-order valence-electron chi connectivity index (χ3n) is 16.3. The number of carbonyl (C=O) groups excluding carboxylic acids is 9. The number of aliphatic hydroxyl groups is 1. The summed E-state index contributed by atoms with van der Waals surface area (Å²) in [6.07, 6.45) is 0.204. The average molecular weight is 1370 g/mol. The summed E-state index contributed by atoms with van der Waals surface area (Å²) in [6, 6.07) is 4.36. The topological polar surface area (TPSA) is 412 Å². The lowest BCUT2D eigenvalue weighted by Gasteiger charge is -2.33. The zero-order valence-corrected chi connectivity index (χ0v) is 55.7. The number of aliphatic hydroxyl groups excluding tert-OH is 1. The molecular weight excluding hydrogens is 1280 g/mol. The average Bonchev–Trinajstić information content (AvgIpc) is 1.61. The van der Waals surface area contributed by atoms with E-state index in [0.29, 0.717) is 94.4 Å². The van der Waals surface area contributed by atoms with E-state index in [-0.39, 0.29) is 81.6 Å². The van der Waals surface area contributed by atoms with Crippen LogP contribution in [0.3, 0.4) is 0 Å². The number of thioether (sulfide) groups is 3. The fourth-order valence-electron chi connectivity index (χ4n) is 11.4. The van der Waals surface area contributed by atoms with E-state index in [1.807, 2.05) is 30.0 Å². The molecule has 32 heteroatoms. The van der Waals surface area contributed by atoms with Crippen molar-refractivity contribution in [3.05, 3.63) is 70.8 Å². The van der Waals surface area contributed by atoms with Gasteiger partial charge in [-0.2, -0.15) is 35.3 Å². The normalized spacial score (nSPS) is 23.6. The number of carboxylic acids is 3. The van der Waals surface area contributed by atoms with E-state index >= 15 is 0 Å². The van der Waals surface area contributed by atoms with Crippen molar-refractivity contribution in [3.8, 4) is 0 Å². The van der Waals surface area contributed by atoms with E-state index in [0.717, 1.165) is 23.1 Å². The number of aliphatic carboxylic acids is 3. The second-order valence-corrected chi connectivity index (χ2v) is 27.0. The van der Waals surface area contributed by atoms with Crippen molar-refractivity contribution in [3.63, 3.8) is 0 Å². The van der Waals surface area contributed by atoms with Gasteiger partial charge in [0.2, 0.25) is 47.3 Å². The minimum atomic E-state index is -1.71. The number of unbranched alkanes of at least 4 members (excludes halogenated alkanes) is 1. The number of amides is 10. The van der Waals surface area contributed by atoms with Crippen LogP contribution in [-0.4, -0.2) is 267 Å². The highest BCUT2D eigenvalue weighted by atomic mass is 32.2. The van der Waals surface area contributed by atoms with Gasteiger partial charge in [-0.25, -0.2) is 9.59 Å². The van der Waals surface area contributed by atoms with E-state index in [9.17, 15) is 78.0 Å². The van der Waals surface area contributed by atoms with Crippen molar-refractivity contribution < 1.29 is 78.0 Å². The van der Waals surface area contributed by atoms with Gasteiger partial charge in [-0.15, -0.1) is 0 Å². The van der Waals surface area contributed by atoms with Crippen LogP contribution in [0.15, 0.2) is 48.5 Å². The van der Waals surface area contributed by atoms with Gasteiger partial charge in [0.05, 0.1) is 25.7 Å². The fourth-order valence-corrected chi connectivity index (χ4v) is 14.2. The molecule has 0 aliphatic carbocycles. The number of benzene rings is 2. The molecule has 6 rings (SSSR count). The van der Waals surface area contributed by atoms with Gasteiger partial charge >= 0.3 is 23.9 Å². The first-order valence-corrected chi connectivity index (χ1v) is 35.3. The van der Waals surface area contributed by atoms with Crippen LogP contribution < -0.4 is 43.0 Å². The molecule has 4 aliphatic rings. The van der Waals surface area contributed by atoms with Crippen molar-refractivity contribution >= 4 is 106 Å². The molecule has 29 nitrogen and oxygen atoms in total. The van der Waals surface area contributed by atoms with Crippen molar-refractivity contribution in [2.45, 2.75) is 137 Å². The lowest BCUT2D eigenvalue weighted by molar-refractivity contribution is -0.147. The third-order valence-corrected chi connectivity index (χ3v) is 19.6. The molecule has 0 spiro atoms. The lowest BCUT2D eigenvalue weighted by Crippen LogP contribution is -2.61. The largest absolute Gasteiger partial charge is 0.480 e. The zero-order chi connectivity index (χ0) is 68.3. The number of rotatable bonds is 22. The molecular formula is C62H91N13O16S3. The summed E-state index contributed by atoms with van der Waals surface area (Å²) in [5.74, 6) is -7.74. The minimum Gasteiger partial charge on any atom is -0.480 e. The number of fused-ring (bicyclic) bond motifs is 4. The van der Waals surface area contributed by atoms with Crippen LogP contribution in [0.2, 0.25) is 0 Å². The van der Waals surface area contributed by atoms with E-state index in [1.54, 1.807) is 40.1 Å². The summed E-state index contributed by atoms with van der Waals surface area (Å²) >= 11 is 4.11. The maximum Gasteiger partial charge on any atom is 0.327 e. The molecule has 2 aromatic rings. The molecule has 0 saturated carbocycles. The van der Waals surface area contributed by atoms with Gasteiger partial charge in [0.1, 0.15) is 42.3 Å². The summed E-state index contributed by atoms with van der Waals surface area (Å²) < 4.78 is 0. The molecule has 0 radical (unpaired) electrons. The Hall–Kier alpha value is -7.23. The van der Waals surface area contributed by atoms with Crippen LogP contribution in [0, 0.1) is 0 Å². The number of carbonyl (C=O) groups is 12. The maximum absolute atomic E-state index is 14.8. The van der Waals surface area contributed by atoms with E-state index < -0.39 is 120 Å². The molecule has 1 unspecified atom stereocenters. The van der Waals surface area contributed by atoms with Gasteiger partial charge in [0, 0.05) is 113 Å². The highest BCUT2D eigenvalue weighted by molar-refractivity contribution is 7.99. The Morgan fingerprint density at radius 3 is 1.82 bits per heavy atom. The number of primary amides is 1. The summed E-state index contributed by atoms with van der Waals surface area (Å²) in [7, 11) is 0. The molecule has 4 heterocycles. The van der Waals surface area contributed by atoms with Crippen LogP contribution in [0.1, 0.15) is 87.5 Å². The molecule has 2 bridgehead atoms. The molecule has 3 saturated heterocycles. The smallest absolute Gasteiger partial charge is 0.327 e. The highest BCUT2D eigenvalue weighted by Gasteiger charge is 2.45. The van der Waals surface area contributed by atoms with Crippen LogP contribution in [0.25, 0.3) is 0 Å². The summed E-state index contributed by atoms with van der Waals surface area (Å²) in [6.45, 7) is 5.98. The maximum atomic E-state index is 14.8. The van der Waals surface area contributed by atoms with Gasteiger partial charge < -0.3 is 73.2 Å². The molecule has 3 fully saturated rings. The summed E-state index contributed by atoms with van der Waals surface area (Å²) in [5, 5.41) is 59.3. The first-order chi connectivity index (χ1) is 45.0. The number of nitrogens with one attached hydrogen (secondary N) is 7. The quantitative estimate of drug-likeness (QED) is 0.0627. The second-order valence-electron chi connectivity index (χ2n) is 23.8. The number of hydrogen-bond donors (Lipinski definition) is 12.